The third kappa shape index (κ3) is 6.49. The first-order valence-electron chi connectivity index (χ1n) is 7.18. The van der Waals surface area contributed by atoms with Crippen LogP contribution in [-0.4, -0.2) is 42.5 Å². The number of thioether (sulfide) groups is 1. The van der Waals surface area contributed by atoms with E-state index < -0.39 is 12.0 Å². The number of benzene rings is 1. The lowest BCUT2D eigenvalue weighted by atomic mass is 10.0. The molecule has 0 fully saturated rings. The molecular weight excluding hydrogens is 302 g/mol. The Morgan fingerprint density at radius 3 is 2.41 bits per heavy atom. The van der Waals surface area contributed by atoms with Crippen LogP contribution in [0.4, 0.5) is 0 Å². The van der Waals surface area contributed by atoms with Gasteiger partial charge in [0.15, 0.2) is 0 Å². The highest BCUT2D eigenvalue weighted by atomic mass is 32.2. The largest absolute Gasteiger partial charge is 0.480 e. The van der Waals surface area contributed by atoms with Crippen molar-refractivity contribution >= 4 is 23.6 Å². The molecule has 0 aromatic heterocycles. The summed E-state index contributed by atoms with van der Waals surface area (Å²) < 4.78 is 4.84. The van der Waals surface area contributed by atoms with Gasteiger partial charge in [-0.1, -0.05) is 26.0 Å². The van der Waals surface area contributed by atoms with Gasteiger partial charge < -0.3 is 15.2 Å². The predicted octanol–water partition coefficient (Wildman–Crippen LogP) is 2.51. The summed E-state index contributed by atoms with van der Waals surface area (Å²) in [5.74, 6) is -0.671. The quantitative estimate of drug-likeness (QED) is 0.682. The molecule has 1 amide bonds. The van der Waals surface area contributed by atoms with Gasteiger partial charge in [-0.05, 0) is 23.6 Å². The Kier molecular flexibility index (Phi) is 7.98. The van der Waals surface area contributed by atoms with Crippen LogP contribution in [0.1, 0.15) is 31.7 Å². The van der Waals surface area contributed by atoms with Crippen molar-refractivity contribution < 1.29 is 19.4 Å². The van der Waals surface area contributed by atoms with Gasteiger partial charge in [-0.2, -0.15) is 0 Å². The predicted molar refractivity (Wildman–Crippen MR) is 87.3 cm³/mol. The molecule has 0 radical (unpaired) electrons. The molecule has 1 unspecified atom stereocenters. The van der Waals surface area contributed by atoms with Crippen molar-refractivity contribution in [2.45, 2.75) is 37.1 Å². The number of ether oxygens (including phenoxy) is 1. The summed E-state index contributed by atoms with van der Waals surface area (Å²) in [5.41, 5.74) is 1.25. The van der Waals surface area contributed by atoms with E-state index in [2.05, 4.69) is 19.2 Å². The van der Waals surface area contributed by atoms with E-state index in [1.165, 1.54) is 24.4 Å². The molecule has 0 bridgehead atoms. The highest BCUT2D eigenvalue weighted by Crippen LogP contribution is 2.21. The average Bonchev–Trinajstić information content (AvgIpc) is 2.49. The molecule has 0 aliphatic heterocycles. The highest BCUT2D eigenvalue weighted by Gasteiger charge is 2.19. The normalized spacial score (nSPS) is 12.2. The van der Waals surface area contributed by atoms with Gasteiger partial charge in [0.25, 0.3) is 0 Å². The average molecular weight is 325 g/mol. The van der Waals surface area contributed by atoms with Crippen LogP contribution in [-0.2, 0) is 14.3 Å². The molecule has 0 spiro atoms. The minimum atomic E-state index is -1.04. The second kappa shape index (κ2) is 9.48. The van der Waals surface area contributed by atoms with Gasteiger partial charge in [0.05, 0.1) is 5.75 Å². The number of hydrogen-bond donors (Lipinski definition) is 2. The molecule has 0 aliphatic carbocycles. The lowest BCUT2D eigenvalue weighted by molar-refractivity contribution is -0.142. The second-order valence-electron chi connectivity index (χ2n) is 5.25. The van der Waals surface area contributed by atoms with Crippen LogP contribution in [0.25, 0.3) is 0 Å². The van der Waals surface area contributed by atoms with E-state index >= 15 is 0 Å². The van der Waals surface area contributed by atoms with Crippen molar-refractivity contribution in [3.05, 3.63) is 29.8 Å². The number of nitrogens with one attached hydrogen (secondary N) is 1. The summed E-state index contributed by atoms with van der Waals surface area (Å²) in [7, 11) is 1.50. The number of carboxylic acids is 1. The molecule has 6 heteroatoms. The number of methoxy groups -OCH3 is 1. The molecule has 1 rings (SSSR count). The molecule has 0 saturated carbocycles. The lowest BCUT2D eigenvalue weighted by Crippen LogP contribution is -2.42. The van der Waals surface area contributed by atoms with Gasteiger partial charge in [0, 0.05) is 25.0 Å². The minimum Gasteiger partial charge on any atom is -0.480 e. The smallest absolute Gasteiger partial charge is 0.326 e. The van der Waals surface area contributed by atoms with Gasteiger partial charge in [-0.15, -0.1) is 11.8 Å². The molecule has 5 nitrogen and oxygen atoms in total. The number of amides is 1. The molecule has 122 valence electrons. The monoisotopic (exact) mass is 325 g/mol. The minimum absolute atomic E-state index is 0.192. The van der Waals surface area contributed by atoms with E-state index in [0.29, 0.717) is 12.5 Å². The zero-order chi connectivity index (χ0) is 16.5. The topological polar surface area (TPSA) is 75.6 Å². The first-order valence-corrected chi connectivity index (χ1v) is 8.16. The van der Waals surface area contributed by atoms with Gasteiger partial charge in [-0.3, -0.25) is 4.79 Å². The maximum absolute atomic E-state index is 11.8. The van der Waals surface area contributed by atoms with Crippen LogP contribution < -0.4 is 5.32 Å². The summed E-state index contributed by atoms with van der Waals surface area (Å²) in [5, 5.41) is 11.6. The van der Waals surface area contributed by atoms with Crippen LogP contribution in [0, 0.1) is 0 Å². The standard InChI is InChI=1S/C16H23NO4S/c1-11(2)12-4-6-13(7-5-12)22-10-15(18)17-14(16(19)20)8-9-21-3/h4-7,11,14H,8-10H2,1-3H3,(H,17,18)(H,19,20). The summed E-state index contributed by atoms with van der Waals surface area (Å²) in [4.78, 5) is 23.9. The number of rotatable bonds is 9. The van der Waals surface area contributed by atoms with Crippen LogP contribution in [0.15, 0.2) is 29.2 Å². The molecule has 1 atom stereocenters. The van der Waals surface area contributed by atoms with Crippen molar-refractivity contribution in [1.82, 2.24) is 5.32 Å². The summed E-state index contributed by atoms with van der Waals surface area (Å²) in [6.07, 6.45) is 0.255. The van der Waals surface area contributed by atoms with Gasteiger partial charge in [0.2, 0.25) is 5.91 Å². The zero-order valence-corrected chi connectivity index (χ0v) is 14.0. The Hall–Kier alpha value is -1.53. The van der Waals surface area contributed by atoms with Crippen LogP contribution in [0.2, 0.25) is 0 Å². The molecule has 1 aromatic carbocycles. The Morgan fingerprint density at radius 1 is 1.27 bits per heavy atom. The van der Waals surface area contributed by atoms with Crippen LogP contribution in [0.5, 0.6) is 0 Å². The van der Waals surface area contributed by atoms with Gasteiger partial charge >= 0.3 is 5.97 Å². The first kappa shape index (κ1) is 18.5. The lowest BCUT2D eigenvalue weighted by Gasteiger charge is -2.14. The fourth-order valence-corrected chi connectivity index (χ4v) is 2.54. The summed E-state index contributed by atoms with van der Waals surface area (Å²) in [6, 6.07) is 7.14. The van der Waals surface area contributed by atoms with Crippen molar-refractivity contribution in [2.24, 2.45) is 0 Å². The van der Waals surface area contributed by atoms with Crippen molar-refractivity contribution in [3.63, 3.8) is 0 Å². The second-order valence-corrected chi connectivity index (χ2v) is 6.30. The molecule has 1 aromatic rings. The van der Waals surface area contributed by atoms with E-state index in [1.54, 1.807) is 0 Å². The fraction of sp³-hybridized carbons (Fsp3) is 0.500. The highest BCUT2D eigenvalue weighted by molar-refractivity contribution is 8.00. The van der Waals surface area contributed by atoms with Gasteiger partial charge in [0.1, 0.15) is 6.04 Å². The number of aliphatic carboxylic acids is 1. The fourth-order valence-electron chi connectivity index (χ4n) is 1.83. The first-order chi connectivity index (χ1) is 10.4. The van der Waals surface area contributed by atoms with Crippen molar-refractivity contribution in [2.75, 3.05) is 19.5 Å². The van der Waals surface area contributed by atoms with E-state index in [4.69, 9.17) is 9.84 Å². The molecular formula is C16H23NO4S. The Balaban J connectivity index is 2.45. The number of carboxylic acid groups (broad SMARTS) is 1. The van der Waals surface area contributed by atoms with Crippen LogP contribution >= 0.6 is 11.8 Å². The van der Waals surface area contributed by atoms with E-state index in [0.717, 1.165) is 4.90 Å². The Morgan fingerprint density at radius 2 is 1.91 bits per heavy atom. The van der Waals surface area contributed by atoms with E-state index in [1.807, 2.05) is 24.3 Å². The maximum atomic E-state index is 11.8. The van der Waals surface area contributed by atoms with Crippen molar-refractivity contribution in [3.8, 4) is 0 Å². The molecule has 0 saturated heterocycles. The Labute approximate surface area is 135 Å². The maximum Gasteiger partial charge on any atom is 0.326 e. The molecule has 2 N–H and O–H groups in total. The zero-order valence-electron chi connectivity index (χ0n) is 13.2. The number of hydrogen-bond acceptors (Lipinski definition) is 4. The molecule has 0 aliphatic rings. The number of carbonyl (C=O) groups excluding carboxylic acids is 1. The Bertz CT molecular complexity index is 487. The molecule has 22 heavy (non-hydrogen) atoms. The molecule has 0 heterocycles. The van der Waals surface area contributed by atoms with Crippen molar-refractivity contribution in [1.29, 1.82) is 0 Å². The summed E-state index contributed by atoms with van der Waals surface area (Å²) in [6.45, 7) is 4.55. The third-order valence-corrected chi connectivity index (χ3v) is 4.17. The van der Waals surface area contributed by atoms with E-state index in [9.17, 15) is 9.59 Å². The van der Waals surface area contributed by atoms with E-state index in [-0.39, 0.29) is 18.1 Å². The third-order valence-electron chi connectivity index (χ3n) is 3.16. The van der Waals surface area contributed by atoms with Gasteiger partial charge in [-0.25, -0.2) is 4.79 Å². The number of carbonyl (C=O) groups is 2. The summed E-state index contributed by atoms with van der Waals surface area (Å²) >= 11 is 1.39. The van der Waals surface area contributed by atoms with Crippen LogP contribution in [0.3, 0.4) is 0 Å². The SMILES string of the molecule is COCCC(NC(=O)CSc1ccc(C(C)C)cc1)C(=O)O.